The number of H-pyrrole nitrogens is 1. The fourth-order valence-corrected chi connectivity index (χ4v) is 1.88. The second-order valence-electron chi connectivity index (χ2n) is 4.89. The van der Waals surface area contributed by atoms with E-state index in [4.69, 9.17) is 0 Å². The third-order valence-corrected chi connectivity index (χ3v) is 3.07. The first kappa shape index (κ1) is 15.9. The molecule has 0 saturated heterocycles. The van der Waals surface area contributed by atoms with Crippen LogP contribution in [0.15, 0.2) is 24.9 Å². The number of aliphatic carboxylic acids is 1. The third kappa shape index (κ3) is 4.81. The second-order valence-corrected chi connectivity index (χ2v) is 4.89. The number of rotatable bonds is 9. The Bertz CT molecular complexity index is 570. The van der Waals surface area contributed by atoms with Gasteiger partial charge in [-0.2, -0.15) is 0 Å². The van der Waals surface area contributed by atoms with E-state index in [2.05, 4.69) is 37.5 Å². The normalized spacial score (nSPS) is 12.0. The minimum atomic E-state index is -0.906. The molecule has 22 heavy (non-hydrogen) atoms. The van der Waals surface area contributed by atoms with Crippen LogP contribution in [-0.2, 0) is 17.8 Å². The molecule has 2 rings (SSSR count). The van der Waals surface area contributed by atoms with Gasteiger partial charge in [0.15, 0.2) is 0 Å². The molecule has 0 aliphatic carbocycles. The smallest absolute Gasteiger partial charge is 0.321 e. The van der Waals surface area contributed by atoms with Gasteiger partial charge in [-0.15, -0.1) is 0 Å². The monoisotopic (exact) mass is 304 g/mol. The predicted octanol–water partition coefficient (Wildman–Crippen LogP) is 0.807. The lowest BCUT2D eigenvalue weighted by Crippen LogP contribution is -2.38. The molecule has 0 aliphatic heterocycles. The van der Waals surface area contributed by atoms with Crippen molar-refractivity contribution < 1.29 is 9.90 Å². The summed E-state index contributed by atoms with van der Waals surface area (Å²) < 4.78 is 0. The maximum Gasteiger partial charge on any atom is 0.321 e. The van der Waals surface area contributed by atoms with Crippen molar-refractivity contribution in [2.75, 3.05) is 11.9 Å². The van der Waals surface area contributed by atoms with Gasteiger partial charge in [0, 0.05) is 49.4 Å². The number of hydrogen-bond acceptors (Lipinski definition) is 6. The minimum Gasteiger partial charge on any atom is -0.480 e. The lowest BCUT2D eigenvalue weighted by atomic mass is 10.1. The van der Waals surface area contributed by atoms with E-state index in [0.717, 1.165) is 24.2 Å². The van der Waals surface area contributed by atoms with Crippen molar-refractivity contribution in [3.63, 3.8) is 0 Å². The lowest BCUT2D eigenvalue weighted by molar-refractivity contribution is -0.139. The summed E-state index contributed by atoms with van der Waals surface area (Å²) in [4.78, 5) is 26.4. The van der Waals surface area contributed by atoms with Gasteiger partial charge in [-0.25, -0.2) is 15.0 Å². The Morgan fingerprint density at radius 1 is 1.36 bits per heavy atom. The number of aromatic nitrogens is 4. The van der Waals surface area contributed by atoms with Gasteiger partial charge in [-0.05, 0) is 6.42 Å². The van der Waals surface area contributed by atoms with Gasteiger partial charge < -0.3 is 15.4 Å². The molecule has 8 heteroatoms. The largest absolute Gasteiger partial charge is 0.480 e. The Labute approximate surface area is 128 Å². The Morgan fingerprint density at radius 3 is 2.73 bits per heavy atom. The first-order chi connectivity index (χ1) is 10.7. The van der Waals surface area contributed by atoms with Crippen molar-refractivity contribution >= 4 is 11.9 Å². The van der Waals surface area contributed by atoms with Crippen LogP contribution in [0.4, 0.5) is 5.95 Å². The van der Waals surface area contributed by atoms with E-state index in [-0.39, 0.29) is 0 Å². The summed E-state index contributed by atoms with van der Waals surface area (Å²) in [6, 6.07) is -0.696. The molecule has 8 nitrogen and oxygen atoms in total. The highest BCUT2D eigenvalue weighted by Crippen LogP contribution is 2.03. The molecule has 1 atom stereocenters. The summed E-state index contributed by atoms with van der Waals surface area (Å²) in [5.74, 6) is -0.324. The topological polar surface area (TPSA) is 116 Å². The molecule has 0 radical (unpaired) electrons. The second kappa shape index (κ2) is 8.08. The first-order valence-electron chi connectivity index (χ1n) is 7.17. The fraction of sp³-hybridized carbons (Fsp3) is 0.429. The Kier molecular flexibility index (Phi) is 5.84. The number of nitrogens with one attached hydrogen (secondary N) is 3. The van der Waals surface area contributed by atoms with Gasteiger partial charge in [0.05, 0.1) is 6.33 Å². The molecular weight excluding hydrogens is 284 g/mol. The highest BCUT2D eigenvalue weighted by molar-refractivity contribution is 5.73. The van der Waals surface area contributed by atoms with Crippen LogP contribution in [0, 0.1) is 0 Å². The van der Waals surface area contributed by atoms with Crippen LogP contribution in [0.1, 0.15) is 24.6 Å². The minimum absolute atomic E-state index is 0.340. The van der Waals surface area contributed by atoms with Gasteiger partial charge in [-0.3, -0.25) is 10.1 Å². The van der Waals surface area contributed by atoms with E-state index in [1.807, 2.05) is 0 Å². The van der Waals surface area contributed by atoms with Crippen LogP contribution in [0.3, 0.4) is 0 Å². The SMILES string of the molecule is CCCNc1ncc(CN[C@@H](Cc2cnc[nH]2)C(=O)O)cn1. The molecule has 0 amide bonds. The molecular formula is C14H20N6O2. The molecule has 0 aliphatic rings. The van der Waals surface area contributed by atoms with Gasteiger partial charge in [0.2, 0.25) is 5.95 Å². The number of nitrogens with zero attached hydrogens (tertiary/aromatic N) is 3. The molecule has 0 spiro atoms. The van der Waals surface area contributed by atoms with E-state index in [0.29, 0.717) is 18.9 Å². The van der Waals surface area contributed by atoms with Crippen molar-refractivity contribution in [1.29, 1.82) is 0 Å². The molecule has 0 saturated carbocycles. The Balaban J connectivity index is 1.87. The summed E-state index contributed by atoms with van der Waals surface area (Å²) in [7, 11) is 0. The molecule has 0 fully saturated rings. The van der Waals surface area contributed by atoms with Crippen molar-refractivity contribution in [1.82, 2.24) is 25.3 Å². The van der Waals surface area contributed by atoms with Crippen molar-refractivity contribution in [2.24, 2.45) is 0 Å². The molecule has 118 valence electrons. The predicted molar refractivity (Wildman–Crippen MR) is 81.4 cm³/mol. The molecule has 2 aromatic heterocycles. The Morgan fingerprint density at radius 2 is 2.14 bits per heavy atom. The number of carboxylic acids is 1. The van der Waals surface area contributed by atoms with E-state index in [9.17, 15) is 9.90 Å². The fourth-order valence-electron chi connectivity index (χ4n) is 1.88. The van der Waals surface area contributed by atoms with Crippen LogP contribution >= 0.6 is 0 Å². The molecule has 2 heterocycles. The summed E-state index contributed by atoms with van der Waals surface area (Å²) in [6.07, 6.45) is 7.87. The zero-order valence-electron chi connectivity index (χ0n) is 12.4. The number of carbonyl (C=O) groups is 1. The Hall–Kier alpha value is -2.48. The molecule has 0 aromatic carbocycles. The van der Waals surface area contributed by atoms with Gasteiger partial charge in [0.1, 0.15) is 6.04 Å². The van der Waals surface area contributed by atoms with E-state index in [1.54, 1.807) is 18.6 Å². The van der Waals surface area contributed by atoms with Crippen LogP contribution in [-0.4, -0.2) is 43.6 Å². The standard InChI is InChI=1S/C14H20N6O2/c1-2-3-16-14-18-6-10(7-19-14)5-17-12(13(21)22)4-11-8-15-9-20-11/h6-9,12,17H,2-5H2,1H3,(H,15,20)(H,21,22)(H,16,18,19)/t12-/m0/s1. The van der Waals surface area contributed by atoms with Crippen molar-refractivity contribution in [3.8, 4) is 0 Å². The lowest BCUT2D eigenvalue weighted by Gasteiger charge is -2.13. The highest BCUT2D eigenvalue weighted by Gasteiger charge is 2.18. The number of aromatic amines is 1. The van der Waals surface area contributed by atoms with Crippen LogP contribution in [0.2, 0.25) is 0 Å². The van der Waals surface area contributed by atoms with E-state index in [1.165, 1.54) is 6.33 Å². The third-order valence-electron chi connectivity index (χ3n) is 3.07. The average Bonchev–Trinajstić information content (AvgIpc) is 3.03. The zero-order valence-corrected chi connectivity index (χ0v) is 12.4. The first-order valence-corrected chi connectivity index (χ1v) is 7.17. The number of anilines is 1. The molecule has 2 aromatic rings. The van der Waals surface area contributed by atoms with Crippen LogP contribution in [0.5, 0.6) is 0 Å². The van der Waals surface area contributed by atoms with Crippen LogP contribution < -0.4 is 10.6 Å². The molecule has 0 bridgehead atoms. The van der Waals surface area contributed by atoms with Crippen LogP contribution in [0.25, 0.3) is 0 Å². The van der Waals surface area contributed by atoms with E-state index < -0.39 is 12.0 Å². The zero-order chi connectivity index (χ0) is 15.8. The highest BCUT2D eigenvalue weighted by atomic mass is 16.4. The van der Waals surface area contributed by atoms with Gasteiger partial charge >= 0.3 is 5.97 Å². The summed E-state index contributed by atoms with van der Waals surface area (Å²) in [5, 5.41) is 15.3. The van der Waals surface area contributed by atoms with Gasteiger partial charge in [-0.1, -0.05) is 6.92 Å². The molecule has 0 unspecified atom stereocenters. The maximum atomic E-state index is 11.3. The summed E-state index contributed by atoms with van der Waals surface area (Å²) in [6.45, 7) is 3.28. The van der Waals surface area contributed by atoms with Gasteiger partial charge in [0.25, 0.3) is 0 Å². The summed E-state index contributed by atoms with van der Waals surface area (Å²) >= 11 is 0. The number of imidazole rings is 1. The number of hydrogen-bond donors (Lipinski definition) is 4. The molecule has 4 N–H and O–H groups in total. The summed E-state index contributed by atoms with van der Waals surface area (Å²) in [5.41, 5.74) is 1.60. The maximum absolute atomic E-state index is 11.3. The average molecular weight is 304 g/mol. The quantitative estimate of drug-likeness (QED) is 0.541. The number of carboxylic acid groups (broad SMARTS) is 1. The van der Waals surface area contributed by atoms with E-state index >= 15 is 0 Å². The van der Waals surface area contributed by atoms with Crippen molar-refractivity contribution in [3.05, 3.63) is 36.2 Å². The van der Waals surface area contributed by atoms with Crippen molar-refractivity contribution in [2.45, 2.75) is 32.4 Å².